The maximum atomic E-state index is 12.6. The van der Waals surface area contributed by atoms with Crippen molar-refractivity contribution in [2.75, 3.05) is 17.3 Å². The summed E-state index contributed by atoms with van der Waals surface area (Å²) in [7, 11) is 1.70. The molecule has 0 spiro atoms. The van der Waals surface area contributed by atoms with Gasteiger partial charge in [0.15, 0.2) is 10.8 Å². The van der Waals surface area contributed by atoms with Gasteiger partial charge in [-0.25, -0.2) is 15.0 Å². The number of carbonyl (C=O) groups excluding carboxylic acids is 2. The predicted octanol–water partition coefficient (Wildman–Crippen LogP) is 3.14. The molecule has 0 fully saturated rings. The Kier molecular flexibility index (Phi) is 5.04. The third kappa shape index (κ3) is 3.75. The molecule has 0 saturated heterocycles. The Bertz CT molecular complexity index is 938. The van der Waals surface area contributed by atoms with Crippen molar-refractivity contribution in [2.24, 2.45) is 0 Å². The summed E-state index contributed by atoms with van der Waals surface area (Å²) in [5, 5.41) is 3.45. The lowest BCUT2D eigenvalue weighted by molar-refractivity contribution is -0.116. The van der Waals surface area contributed by atoms with Gasteiger partial charge in [-0.05, 0) is 37.3 Å². The van der Waals surface area contributed by atoms with Crippen molar-refractivity contribution in [1.82, 2.24) is 15.0 Å². The van der Waals surface area contributed by atoms with Crippen LogP contribution in [0.1, 0.15) is 22.3 Å². The first-order valence-electron chi connectivity index (χ1n) is 7.86. The number of hydrogen-bond acceptors (Lipinski definition) is 6. The van der Waals surface area contributed by atoms with E-state index in [4.69, 9.17) is 0 Å². The summed E-state index contributed by atoms with van der Waals surface area (Å²) in [6.07, 6.45) is 3.27. The van der Waals surface area contributed by atoms with E-state index in [1.807, 2.05) is 0 Å². The van der Waals surface area contributed by atoms with Gasteiger partial charge in [0.1, 0.15) is 4.88 Å². The van der Waals surface area contributed by atoms with Crippen LogP contribution < -0.4 is 10.2 Å². The zero-order chi connectivity index (χ0) is 18.7. The smallest absolute Gasteiger partial charge is 0.267 e. The first kappa shape index (κ1) is 17.7. The number of benzene rings is 1. The first-order chi connectivity index (χ1) is 12.5. The summed E-state index contributed by atoms with van der Waals surface area (Å²) in [6.45, 7) is 3.28. The average molecular weight is 367 g/mol. The Morgan fingerprint density at radius 3 is 2.38 bits per heavy atom. The molecule has 2 heterocycles. The Labute approximate surface area is 154 Å². The monoisotopic (exact) mass is 367 g/mol. The molecule has 3 aromatic rings. The molecule has 0 unspecified atom stereocenters. The minimum absolute atomic E-state index is 0.0577. The van der Waals surface area contributed by atoms with Crippen molar-refractivity contribution in [1.29, 1.82) is 0 Å². The zero-order valence-electron chi connectivity index (χ0n) is 14.6. The van der Waals surface area contributed by atoms with Crippen LogP contribution in [0.4, 0.5) is 11.4 Å². The van der Waals surface area contributed by atoms with Gasteiger partial charge >= 0.3 is 0 Å². The number of nitrogens with zero attached hydrogens (tertiary/aromatic N) is 4. The van der Waals surface area contributed by atoms with Crippen molar-refractivity contribution in [3.05, 3.63) is 53.3 Å². The topological polar surface area (TPSA) is 88.1 Å². The number of rotatable bonds is 4. The fourth-order valence-electron chi connectivity index (χ4n) is 2.25. The van der Waals surface area contributed by atoms with E-state index in [9.17, 15) is 9.59 Å². The Morgan fingerprint density at radius 1 is 1.12 bits per heavy atom. The van der Waals surface area contributed by atoms with Crippen LogP contribution in [0.3, 0.4) is 0 Å². The van der Waals surface area contributed by atoms with Crippen LogP contribution in [-0.4, -0.2) is 33.8 Å². The number of carbonyl (C=O) groups is 2. The summed E-state index contributed by atoms with van der Waals surface area (Å²) in [5.41, 5.74) is 2.02. The van der Waals surface area contributed by atoms with E-state index in [0.717, 1.165) is 5.69 Å². The van der Waals surface area contributed by atoms with E-state index in [1.165, 1.54) is 23.2 Å². The van der Waals surface area contributed by atoms with E-state index >= 15 is 0 Å². The average Bonchev–Trinajstić information content (AvgIpc) is 3.04. The highest BCUT2D eigenvalue weighted by atomic mass is 32.1. The molecule has 0 radical (unpaired) electrons. The number of thiazole rings is 1. The van der Waals surface area contributed by atoms with Crippen molar-refractivity contribution in [2.45, 2.75) is 13.8 Å². The van der Waals surface area contributed by atoms with Gasteiger partial charge in [-0.3, -0.25) is 9.59 Å². The molecule has 1 N–H and O–H groups in total. The largest absolute Gasteiger partial charge is 0.321 e. The van der Waals surface area contributed by atoms with Gasteiger partial charge in [0, 0.05) is 37.7 Å². The van der Waals surface area contributed by atoms with Gasteiger partial charge < -0.3 is 10.2 Å². The number of aromatic nitrogens is 3. The Balaban J connectivity index is 1.76. The molecule has 0 atom stereocenters. The number of anilines is 2. The Hall–Kier alpha value is -3.13. The maximum absolute atomic E-state index is 12.6. The van der Waals surface area contributed by atoms with Crippen LogP contribution in [0, 0.1) is 6.92 Å². The van der Waals surface area contributed by atoms with E-state index in [1.54, 1.807) is 56.7 Å². The molecule has 7 nitrogen and oxygen atoms in total. The van der Waals surface area contributed by atoms with Crippen molar-refractivity contribution < 1.29 is 9.59 Å². The number of amides is 2. The van der Waals surface area contributed by atoms with Crippen LogP contribution in [0.15, 0.2) is 42.7 Å². The van der Waals surface area contributed by atoms with Gasteiger partial charge in [-0.2, -0.15) is 0 Å². The fraction of sp³-hybridized carbons (Fsp3) is 0.167. The molecule has 0 aliphatic heterocycles. The normalized spacial score (nSPS) is 10.4. The molecular formula is C18H17N5O2S. The van der Waals surface area contributed by atoms with Crippen LogP contribution in [0.25, 0.3) is 10.8 Å². The number of nitrogens with one attached hydrogen (secondary N) is 1. The van der Waals surface area contributed by atoms with Gasteiger partial charge in [0.05, 0.1) is 5.69 Å². The standard InChI is InChI=1S/C18H17N5O2S/c1-11-15(26-18(21-11)16-19-9-4-10-20-16)17(25)22-13-5-7-14(8-6-13)23(3)12(2)24/h4-10H,1-3H3,(H,22,25). The Morgan fingerprint density at radius 2 is 1.77 bits per heavy atom. The molecule has 8 heteroatoms. The van der Waals surface area contributed by atoms with Crippen molar-refractivity contribution in [3.63, 3.8) is 0 Å². The van der Waals surface area contributed by atoms with Crippen LogP contribution in [0.2, 0.25) is 0 Å². The molecule has 3 rings (SSSR count). The molecule has 2 aromatic heterocycles. The van der Waals surface area contributed by atoms with Crippen LogP contribution >= 0.6 is 11.3 Å². The SMILES string of the molecule is CC(=O)N(C)c1ccc(NC(=O)c2sc(-c3ncccn3)nc2C)cc1. The van der Waals surface area contributed by atoms with Gasteiger partial charge in [0.2, 0.25) is 5.91 Å². The second kappa shape index (κ2) is 7.40. The molecule has 0 aliphatic rings. The lowest BCUT2D eigenvalue weighted by Gasteiger charge is -2.15. The van der Waals surface area contributed by atoms with Crippen molar-refractivity contribution in [3.8, 4) is 10.8 Å². The van der Waals surface area contributed by atoms with Gasteiger partial charge in [-0.1, -0.05) is 0 Å². The maximum Gasteiger partial charge on any atom is 0.267 e. The van der Waals surface area contributed by atoms with Crippen LogP contribution in [0.5, 0.6) is 0 Å². The second-order valence-electron chi connectivity index (χ2n) is 5.58. The van der Waals surface area contributed by atoms with E-state index < -0.39 is 0 Å². The highest BCUT2D eigenvalue weighted by Gasteiger charge is 2.17. The van der Waals surface area contributed by atoms with E-state index in [0.29, 0.717) is 27.1 Å². The minimum atomic E-state index is -0.241. The zero-order valence-corrected chi connectivity index (χ0v) is 15.4. The summed E-state index contributed by atoms with van der Waals surface area (Å²) < 4.78 is 0. The predicted molar refractivity (Wildman–Crippen MR) is 101 cm³/mol. The summed E-state index contributed by atoms with van der Waals surface area (Å²) in [6, 6.07) is 8.79. The van der Waals surface area contributed by atoms with Gasteiger partial charge in [-0.15, -0.1) is 11.3 Å². The lowest BCUT2D eigenvalue weighted by atomic mass is 10.2. The van der Waals surface area contributed by atoms with Gasteiger partial charge in [0.25, 0.3) is 5.91 Å². The molecule has 0 aliphatic carbocycles. The third-order valence-electron chi connectivity index (χ3n) is 3.74. The molecule has 2 amide bonds. The minimum Gasteiger partial charge on any atom is -0.321 e. The molecule has 26 heavy (non-hydrogen) atoms. The summed E-state index contributed by atoms with van der Waals surface area (Å²) in [4.78, 5) is 38.7. The molecular weight excluding hydrogens is 350 g/mol. The van der Waals surface area contributed by atoms with Crippen molar-refractivity contribution >= 4 is 34.5 Å². The quantitative estimate of drug-likeness (QED) is 0.765. The summed E-state index contributed by atoms with van der Waals surface area (Å²) in [5.74, 6) is 0.198. The van der Waals surface area contributed by atoms with E-state index in [2.05, 4.69) is 20.3 Å². The number of aryl methyl sites for hydroxylation is 1. The highest BCUT2D eigenvalue weighted by Crippen LogP contribution is 2.26. The second-order valence-corrected chi connectivity index (χ2v) is 6.58. The first-order valence-corrected chi connectivity index (χ1v) is 8.68. The molecule has 0 bridgehead atoms. The molecule has 132 valence electrons. The number of hydrogen-bond donors (Lipinski definition) is 1. The van der Waals surface area contributed by atoms with Crippen LogP contribution in [-0.2, 0) is 4.79 Å². The summed E-state index contributed by atoms with van der Waals surface area (Å²) >= 11 is 1.25. The van der Waals surface area contributed by atoms with E-state index in [-0.39, 0.29) is 11.8 Å². The highest BCUT2D eigenvalue weighted by molar-refractivity contribution is 7.17. The molecule has 1 aromatic carbocycles. The lowest BCUT2D eigenvalue weighted by Crippen LogP contribution is -2.22. The molecule has 0 saturated carbocycles. The third-order valence-corrected chi connectivity index (χ3v) is 4.90. The fourth-order valence-corrected chi connectivity index (χ4v) is 3.16.